The van der Waals surface area contributed by atoms with Crippen molar-refractivity contribution in [2.45, 2.75) is 122 Å². The lowest BCUT2D eigenvalue weighted by Crippen LogP contribution is -2.27. The van der Waals surface area contributed by atoms with Crippen LogP contribution < -0.4 is 21.7 Å². The molecule has 0 unspecified atom stereocenters. The van der Waals surface area contributed by atoms with Gasteiger partial charge in [0.15, 0.2) is 0 Å². The zero-order chi connectivity index (χ0) is 22.7. The van der Waals surface area contributed by atoms with Crippen molar-refractivity contribution < 1.29 is 4.79 Å². The number of rotatable bonds is 26. The number of amides is 1. The van der Waals surface area contributed by atoms with Crippen LogP contribution in [0.5, 0.6) is 0 Å². The van der Waals surface area contributed by atoms with Crippen molar-refractivity contribution in [2.75, 3.05) is 39.3 Å². The summed E-state index contributed by atoms with van der Waals surface area (Å²) >= 11 is 0. The van der Waals surface area contributed by atoms with E-state index in [4.69, 9.17) is 5.73 Å². The summed E-state index contributed by atoms with van der Waals surface area (Å²) in [5.74, 6) is 0.228. The molecule has 0 saturated heterocycles. The van der Waals surface area contributed by atoms with Crippen LogP contribution in [0.15, 0.2) is 0 Å². The summed E-state index contributed by atoms with van der Waals surface area (Å²) in [4.78, 5) is 11.9. The summed E-state index contributed by atoms with van der Waals surface area (Å²) in [7, 11) is 0. The van der Waals surface area contributed by atoms with Crippen LogP contribution in [-0.2, 0) is 4.79 Å². The first kappa shape index (κ1) is 30.4. The Morgan fingerprint density at radius 3 is 1.52 bits per heavy atom. The third-order valence-corrected chi connectivity index (χ3v) is 5.87. The van der Waals surface area contributed by atoms with Crippen molar-refractivity contribution in [2.24, 2.45) is 5.73 Å². The highest BCUT2D eigenvalue weighted by Gasteiger charge is 2.00. The van der Waals surface area contributed by atoms with Gasteiger partial charge in [0.05, 0.1) is 0 Å². The fraction of sp³-hybridized carbons (Fsp3) is 0.962. The Labute approximate surface area is 194 Å². The van der Waals surface area contributed by atoms with Crippen molar-refractivity contribution in [3.63, 3.8) is 0 Å². The molecule has 0 bridgehead atoms. The van der Waals surface area contributed by atoms with E-state index >= 15 is 0 Å². The van der Waals surface area contributed by atoms with E-state index in [0.717, 1.165) is 58.5 Å². The van der Waals surface area contributed by atoms with Crippen LogP contribution in [0.25, 0.3) is 0 Å². The average molecular weight is 441 g/mol. The minimum Gasteiger partial charge on any atom is -0.356 e. The minimum absolute atomic E-state index is 0.228. The fourth-order valence-electron chi connectivity index (χ4n) is 3.81. The number of carbonyl (C=O) groups excluding carboxylic acids is 1. The molecular formula is C26H56N4O. The van der Waals surface area contributed by atoms with Crippen molar-refractivity contribution in [1.29, 1.82) is 0 Å². The first-order chi connectivity index (χ1) is 15.3. The number of hydrogen-bond acceptors (Lipinski definition) is 4. The lowest BCUT2D eigenvalue weighted by Gasteiger charge is -2.07. The standard InChI is InChI=1S/C26H56N4O/c1-2-3-4-5-6-7-8-9-10-11-12-13-14-19-26(31)30-25-18-24-29-22-16-15-21-28-23-17-20-27/h28-29H,2-25,27H2,1H3,(H,30,31). The van der Waals surface area contributed by atoms with Gasteiger partial charge < -0.3 is 21.7 Å². The van der Waals surface area contributed by atoms with E-state index in [1.807, 2.05) is 0 Å². The molecule has 0 aromatic carbocycles. The van der Waals surface area contributed by atoms with E-state index in [-0.39, 0.29) is 5.91 Å². The van der Waals surface area contributed by atoms with Gasteiger partial charge in [-0.25, -0.2) is 0 Å². The lowest BCUT2D eigenvalue weighted by atomic mass is 10.0. The lowest BCUT2D eigenvalue weighted by molar-refractivity contribution is -0.121. The summed E-state index contributed by atoms with van der Waals surface area (Å²) in [6.07, 6.45) is 22.7. The molecule has 0 aliphatic rings. The van der Waals surface area contributed by atoms with Gasteiger partial charge in [0.25, 0.3) is 0 Å². The molecule has 0 aliphatic carbocycles. The van der Waals surface area contributed by atoms with E-state index in [1.165, 1.54) is 89.9 Å². The highest BCUT2D eigenvalue weighted by atomic mass is 16.1. The Morgan fingerprint density at radius 1 is 0.548 bits per heavy atom. The number of hydrogen-bond donors (Lipinski definition) is 4. The molecule has 0 rings (SSSR count). The number of nitrogens with one attached hydrogen (secondary N) is 3. The molecule has 0 radical (unpaired) electrons. The van der Waals surface area contributed by atoms with Gasteiger partial charge in [-0.05, 0) is 64.8 Å². The molecular weight excluding hydrogens is 384 g/mol. The normalized spacial score (nSPS) is 11.2. The second-order valence-electron chi connectivity index (χ2n) is 9.05. The van der Waals surface area contributed by atoms with Gasteiger partial charge in [0.2, 0.25) is 5.91 Å². The van der Waals surface area contributed by atoms with Gasteiger partial charge in [0, 0.05) is 13.0 Å². The summed E-state index contributed by atoms with van der Waals surface area (Å²) in [5, 5.41) is 9.92. The Bertz CT molecular complexity index is 352. The Kier molecular flexibility index (Phi) is 26.8. The van der Waals surface area contributed by atoms with Crippen LogP contribution in [0.2, 0.25) is 0 Å². The monoisotopic (exact) mass is 440 g/mol. The van der Waals surface area contributed by atoms with Gasteiger partial charge in [0.1, 0.15) is 0 Å². The molecule has 0 aliphatic heterocycles. The zero-order valence-electron chi connectivity index (χ0n) is 21.0. The van der Waals surface area contributed by atoms with Crippen LogP contribution in [0.1, 0.15) is 122 Å². The number of carbonyl (C=O) groups is 1. The minimum atomic E-state index is 0.228. The molecule has 5 nitrogen and oxygen atoms in total. The molecule has 0 atom stereocenters. The maximum atomic E-state index is 11.9. The van der Waals surface area contributed by atoms with Gasteiger partial charge >= 0.3 is 0 Å². The van der Waals surface area contributed by atoms with Crippen molar-refractivity contribution in [1.82, 2.24) is 16.0 Å². The first-order valence-electron chi connectivity index (χ1n) is 13.7. The summed E-state index contributed by atoms with van der Waals surface area (Å²) in [5.41, 5.74) is 5.46. The van der Waals surface area contributed by atoms with Gasteiger partial charge in [-0.3, -0.25) is 4.79 Å². The van der Waals surface area contributed by atoms with Crippen LogP contribution in [0.4, 0.5) is 0 Å². The molecule has 0 heterocycles. The average Bonchev–Trinajstić information content (AvgIpc) is 2.77. The highest BCUT2D eigenvalue weighted by Crippen LogP contribution is 2.12. The molecule has 0 fully saturated rings. The Hall–Kier alpha value is -0.650. The predicted molar refractivity (Wildman–Crippen MR) is 137 cm³/mol. The quantitative estimate of drug-likeness (QED) is 0.138. The molecule has 186 valence electrons. The van der Waals surface area contributed by atoms with Crippen LogP contribution in [0.3, 0.4) is 0 Å². The Balaban J connectivity index is 3.14. The van der Waals surface area contributed by atoms with Crippen LogP contribution in [0, 0.1) is 0 Å². The number of unbranched alkanes of at least 4 members (excludes halogenated alkanes) is 13. The molecule has 0 aromatic rings. The topological polar surface area (TPSA) is 79.2 Å². The molecule has 0 aromatic heterocycles. The largest absolute Gasteiger partial charge is 0.356 e. The van der Waals surface area contributed by atoms with Crippen LogP contribution >= 0.6 is 0 Å². The maximum absolute atomic E-state index is 11.9. The zero-order valence-corrected chi connectivity index (χ0v) is 21.0. The summed E-state index contributed by atoms with van der Waals surface area (Å²) in [6.45, 7) is 8.00. The van der Waals surface area contributed by atoms with Gasteiger partial charge in [-0.15, -0.1) is 0 Å². The third kappa shape index (κ3) is 27.3. The molecule has 0 saturated carbocycles. The maximum Gasteiger partial charge on any atom is 0.219 e. The second-order valence-corrected chi connectivity index (χ2v) is 9.05. The van der Waals surface area contributed by atoms with Crippen molar-refractivity contribution in [3.8, 4) is 0 Å². The SMILES string of the molecule is CCCCCCCCCCCCCCCC(=O)NCCCNCCCCNCCCN. The smallest absolute Gasteiger partial charge is 0.219 e. The molecule has 1 amide bonds. The van der Waals surface area contributed by atoms with E-state index in [1.54, 1.807) is 0 Å². The first-order valence-corrected chi connectivity index (χ1v) is 13.7. The molecule has 5 N–H and O–H groups in total. The summed E-state index contributed by atoms with van der Waals surface area (Å²) < 4.78 is 0. The third-order valence-electron chi connectivity index (χ3n) is 5.87. The van der Waals surface area contributed by atoms with E-state index in [9.17, 15) is 4.79 Å². The number of nitrogens with two attached hydrogens (primary N) is 1. The van der Waals surface area contributed by atoms with E-state index in [0.29, 0.717) is 6.42 Å². The van der Waals surface area contributed by atoms with E-state index < -0.39 is 0 Å². The van der Waals surface area contributed by atoms with Crippen LogP contribution in [-0.4, -0.2) is 45.2 Å². The molecule has 5 heteroatoms. The molecule has 31 heavy (non-hydrogen) atoms. The predicted octanol–water partition coefficient (Wildman–Crippen LogP) is 5.28. The highest BCUT2D eigenvalue weighted by molar-refractivity contribution is 5.75. The van der Waals surface area contributed by atoms with Gasteiger partial charge in [-0.2, -0.15) is 0 Å². The Morgan fingerprint density at radius 2 is 1.00 bits per heavy atom. The summed E-state index contributed by atoms with van der Waals surface area (Å²) in [6, 6.07) is 0. The fourth-order valence-corrected chi connectivity index (χ4v) is 3.81. The van der Waals surface area contributed by atoms with Crippen molar-refractivity contribution in [3.05, 3.63) is 0 Å². The second kappa shape index (κ2) is 27.4. The van der Waals surface area contributed by atoms with Crippen molar-refractivity contribution >= 4 is 5.91 Å². The van der Waals surface area contributed by atoms with Gasteiger partial charge in [-0.1, -0.05) is 84.0 Å². The van der Waals surface area contributed by atoms with E-state index in [2.05, 4.69) is 22.9 Å². The molecule has 0 spiro atoms.